The Morgan fingerprint density at radius 1 is 1.17 bits per heavy atom. The number of hydrogen-bond acceptors (Lipinski definition) is 0. The number of aromatic amines is 1. The number of rotatable bonds is 6. The molecule has 1 aromatic carbocycles. The maximum absolute atomic E-state index is 3.56. The third-order valence-corrected chi connectivity index (χ3v) is 4.19. The highest BCUT2D eigenvalue weighted by atomic mass is 14.7. The Morgan fingerprint density at radius 2 is 1.94 bits per heavy atom. The smallest absolute Gasteiger partial charge is 0.0456 e. The second-order valence-corrected chi connectivity index (χ2v) is 5.83. The third kappa shape index (κ3) is 2.95. The van der Waals surface area contributed by atoms with Gasteiger partial charge in [0.05, 0.1) is 0 Å². The van der Waals surface area contributed by atoms with Gasteiger partial charge in [0, 0.05) is 11.2 Å². The van der Waals surface area contributed by atoms with E-state index in [-0.39, 0.29) is 0 Å². The molecule has 1 heteroatoms. The Labute approximate surface area is 111 Å². The molecule has 0 saturated carbocycles. The van der Waals surface area contributed by atoms with E-state index in [9.17, 15) is 0 Å². The lowest BCUT2D eigenvalue weighted by Crippen LogP contribution is -2.18. The Morgan fingerprint density at radius 3 is 2.61 bits per heavy atom. The quantitative estimate of drug-likeness (QED) is 0.707. The first-order chi connectivity index (χ1) is 8.67. The molecule has 2 rings (SSSR count). The van der Waals surface area contributed by atoms with Crippen LogP contribution in [0.5, 0.6) is 0 Å². The standard InChI is InChI=1S/C17H25N/c1-4-6-11-17(3,5-2)13-15-12-14-9-7-8-10-16(14)18-15/h7-10,12,18H,4-6,11,13H2,1-3H3. The van der Waals surface area contributed by atoms with Crippen molar-refractivity contribution in [2.24, 2.45) is 5.41 Å². The zero-order valence-electron chi connectivity index (χ0n) is 11.9. The van der Waals surface area contributed by atoms with E-state index in [1.54, 1.807) is 0 Å². The highest BCUT2D eigenvalue weighted by molar-refractivity contribution is 5.80. The molecule has 1 heterocycles. The number of benzene rings is 1. The highest BCUT2D eigenvalue weighted by Gasteiger charge is 2.22. The maximum atomic E-state index is 3.56. The first-order valence-electron chi connectivity index (χ1n) is 7.23. The van der Waals surface area contributed by atoms with Crippen molar-refractivity contribution in [2.75, 3.05) is 0 Å². The average molecular weight is 243 g/mol. The van der Waals surface area contributed by atoms with Crippen molar-refractivity contribution >= 4 is 10.9 Å². The highest BCUT2D eigenvalue weighted by Crippen LogP contribution is 2.32. The predicted octanol–water partition coefficient (Wildman–Crippen LogP) is 5.32. The van der Waals surface area contributed by atoms with E-state index in [2.05, 4.69) is 56.1 Å². The summed E-state index contributed by atoms with van der Waals surface area (Å²) < 4.78 is 0. The normalized spacial score (nSPS) is 14.8. The van der Waals surface area contributed by atoms with E-state index in [0.29, 0.717) is 5.41 Å². The minimum atomic E-state index is 0.441. The SMILES string of the molecule is CCCCC(C)(CC)Cc1cc2ccccc2[nH]1. The van der Waals surface area contributed by atoms with Gasteiger partial charge in [0.15, 0.2) is 0 Å². The topological polar surface area (TPSA) is 15.8 Å². The summed E-state index contributed by atoms with van der Waals surface area (Å²) in [5, 5.41) is 1.33. The van der Waals surface area contributed by atoms with E-state index < -0.39 is 0 Å². The number of unbranched alkanes of at least 4 members (excludes halogenated alkanes) is 1. The molecule has 1 nitrogen and oxygen atoms in total. The fourth-order valence-electron chi connectivity index (χ4n) is 2.68. The third-order valence-electron chi connectivity index (χ3n) is 4.19. The van der Waals surface area contributed by atoms with Gasteiger partial charge in [-0.25, -0.2) is 0 Å². The summed E-state index contributed by atoms with van der Waals surface area (Å²) in [6.07, 6.45) is 6.38. The monoisotopic (exact) mass is 243 g/mol. The first-order valence-corrected chi connectivity index (χ1v) is 7.23. The van der Waals surface area contributed by atoms with Crippen molar-refractivity contribution in [3.05, 3.63) is 36.0 Å². The van der Waals surface area contributed by atoms with Crippen molar-refractivity contribution in [3.63, 3.8) is 0 Å². The van der Waals surface area contributed by atoms with Crippen LogP contribution in [0.3, 0.4) is 0 Å². The van der Waals surface area contributed by atoms with Crippen LogP contribution in [0.1, 0.15) is 52.1 Å². The lowest BCUT2D eigenvalue weighted by atomic mass is 9.78. The molecule has 1 aromatic heterocycles. The molecule has 1 N–H and O–H groups in total. The van der Waals surface area contributed by atoms with Crippen molar-refractivity contribution in [3.8, 4) is 0 Å². The van der Waals surface area contributed by atoms with Crippen LogP contribution in [0.4, 0.5) is 0 Å². The fourth-order valence-corrected chi connectivity index (χ4v) is 2.68. The van der Waals surface area contributed by atoms with Crippen LogP contribution >= 0.6 is 0 Å². The molecule has 1 atom stereocenters. The minimum absolute atomic E-state index is 0.441. The molecule has 2 aromatic rings. The van der Waals surface area contributed by atoms with Gasteiger partial charge in [0.2, 0.25) is 0 Å². The molecular formula is C17H25N. The molecule has 0 spiro atoms. The average Bonchev–Trinajstić information content (AvgIpc) is 2.78. The Balaban J connectivity index is 2.15. The van der Waals surface area contributed by atoms with Gasteiger partial charge in [-0.05, 0) is 35.8 Å². The summed E-state index contributed by atoms with van der Waals surface area (Å²) in [6, 6.07) is 10.9. The largest absolute Gasteiger partial charge is 0.358 e. The second-order valence-electron chi connectivity index (χ2n) is 5.83. The van der Waals surface area contributed by atoms with Gasteiger partial charge < -0.3 is 4.98 Å². The summed E-state index contributed by atoms with van der Waals surface area (Å²) in [5.74, 6) is 0. The summed E-state index contributed by atoms with van der Waals surface area (Å²) >= 11 is 0. The van der Waals surface area contributed by atoms with E-state index >= 15 is 0 Å². The maximum Gasteiger partial charge on any atom is 0.0456 e. The number of hydrogen-bond donors (Lipinski definition) is 1. The molecule has 0 saturated heterocycles. The van der Waals surface area contributed by atoms with Gasteiger partial charge >= 0.3 is 0 Å². The minimum Gasteiger partial charge on any atom is -0.358 e. The predicted molar refractivity (Wildman–Crippen MR) is 79.9 cm³/mol. The fraction of sp³-hybridized carbons (Fsp3) is 0.529. The zero-order chi connectivity index (χ0) is 13.0. The van der Waals surface area contributed by atoms with Crippen molar-refractivity contribution in [1.29, 1.82) is 0 Å². The van der Waals surface area contributed by atoms with Crippen LogP contribution in [0, 0.1) is 5.41 Å². The van der Waals surface area contributed by atoms with Crippen LogP contribution in [0.15, 0.2) is 30.3 Å². The van der Waals surface area contributed by atoms with Gasteiger partial charge in [-0.2, -0.15) is 0 Å². The molecule has 1 unspecified atom stereocenters. The lowest BCUT2D eigenvalue weighted by Gasteiger charge is -2.27. The molecule has 0 aliphatic heterocycles. The van der Waals surface area contributed by atoms with Crippen LogP contribution in [0.2, 0.25) is 0 Å². The van der Waals surface area contributed by atoms with Crippen molar-refractivity contribution < 1.29 is 0 Å². The van der Waals surface area contributed by atoms with Gasteiger partial charge in [0.25, 0.3) is 0 Å². The van der Waals surface area contributed by atoms with Crippen LogP contribution < -0.4 is 0 Å². The molecule has 98 valence electrons. The number of nitrogens with one attached hydrogen (secondary N) is 1. The van der Waals surface area contributed by atoms with Crippen LogP contribution in [-0.4, -0.2) is 4.98 Å². The van der Waals surface area contributed by atoms with E-state index in [1.165, 1.54) is 42.3 Å². The lowest BCUT2D eigenvalue weighted by molar-refractivity contribution is 0.271. The molecule has 0 amide bonds. The van der Waals surface area contributed by atoms with E-state index in [0.717, 1.165) is 6.42 Å². The van der Waals surface area contributed by atoms with Gasteiger partial charge in [-0.3, -0.25) is 0 Å². The Hall–Kier alpha value is -1.24. The molecule has 0 bridgehead atoms. The number of fused-ring (bicyclic) bond motifs is 1. The molecule has 0 aliphatic rings. The van der Waals surface area contributed by atoms with Crippen molar-refractivity contribution in [1.82, 2.24) is 4.98 Å². The summed E-state index contributed by atoms with van der Waals surface area (Å²) in [4.78, 5) is 3.56. The summed E-state index contributed by atoms with van der Waals surface area (Å²) in [6.45, 7) is 7.02. The summed E-state index contributed by atoms with van der Waals surface area (Å²) in [7, 11) is 0. The van der Waals surface area contributed by atoms with E-state index in [1.807, 2.05) is 0 Å². The number of para-hydroxylation sites is 1. The van der Waals surface area contributed by atoms with Gasteiger partial charge in [-0.15, -0.1) is 0 Å². The molecule has 0 radical (unpaired) electrons. The zero-order valence-corrected chi connectivity index (χ0v) is 11.9. The van der Waals surface area contributed by atoms with Gasteiger partial charge in [-0.1, -0.05) is 58.2 Å². The molecular weight excluding hydrogens is 218 g/mol. The van der Waals surface area contributed by atoms with E-state index in [4.69, 9.17) is 0 Å². The molecule has 18 heavy (non-hydrogen) atoms. The molecule has 0 aliphatic carbocycles. The van der Waals surface area contributed by atoms with Crippen LogP contribution in [-0.2, 0) is 6.42 Å². The number of aromatic nitrogens is 1. The van der Waals surface area contributed by atoms with Gasteiger partial charge in [0.1, 0.15) is 0 Å². The molecule has 0 fully saturated rings. The number of H-pyrrole nitrogens is 1. The summed E-state index contributed by atoms with van der Waals surface area (Å²) in [5.41, 5.74) is 3.09. The Kier molecular flexibility index (Phi) is 4.11. The second kappa shape index (κ2) is 5.60. The van der Waals surface area contributed by atoms with Crippen molar-refractivity contribution in [2.45, 2.75) is 52.9 Å². The first kappa shape index (κ1) is 13.2. The Bertz CT molecular complexity index is 464. The van der Waals surface area contributed by atoms with Crippen LogP contribution in [0.25, 0.3) is 10.9 Å².